The minimum Gasteiger partial charge on any atom is -0.481 e. The summed E-state index contributed by atoms with van der Waals surface area (Å²) < 4.78 is 5.43. The number of Topliss-reactive ketones (excluding diaryl/α,β-unsaturated/α-hetero) is 1. The Bertz CT molecular complexity index is 810. The summed E-state index contributed by atoms with van der Waals surface area (Å²) in [5.41, 5.74) is 5.00. The largest absolute Gasteiger partial charge is 0.481 e. The van der Waals surface area contributed by atoms with Crippen LogP contribution in [0.3, 0.4) is 0 Å². The number of thiophene rings is 1. The highest BCUT2D eigenvalue weighted by Crippen LogP contribution is 2.14. The number of rotatable bonds is 7. The molecule has 7 nitrogen and oxygen atoms in total. The topological polar surface area (TPSA) is 108 Å². The molecule has 0 unspecified atom stereocenters. The number of hydrazine groups is 1. The Morgan fingerprint density at radius 3 is 2.50 bits per heavy atom. The van der Waals surface area contributed by atoms with Gasteiger partial charge in [-0.2, -0.15) is 5.26 Å². The first-order valence-corrected chi connectivity index (χ1v) is 8.70. The van der Waals surface area contributed by atoms with E-state index in [1.807, 2.05) is 6.07 Å². The van der Waals surface area contributed by atoms with Crippen LogP contribution in [0, 0.1) is 11.3 Å². The average molecular weight is 371 g/mol. The van der Waals surface area contributed by atoms with Crippen molar-refractivity contribution >= 4 is 28.9 Å². The van der Waals surface area contributed by atoms with Gasteiger partial charge in [0.05, 0.1) is 16.5 Å². The van der Waals surface area contributed by atoms with Crippen molar-refractivity contribution in [3.63, 3.8) is 0 Å². The smallest absolute Gasteiger partial charge is 0.279 e. The minimum atomic E-state index is -0.851. The summed E-state index contributed by atoms with van der Waals surface area (Å²) in [6.45, 7) is 1.53. The molecule has 2 amide bonds. The monoisotopic (exact) mass is 371 g/mol. The van der Waals surface area contributed by atoms with Gasteiger partial charge in [-0.05, 0) is 42.6 Å². The van der Waals surface area contributed by atoms with Gasteiger partial charge in [0.15, 0.2) is 11.9 Å². The van der Waals surface area contributed by atoms with Crippen LogP contribution in [0.1, 0.15) is 35.0 Å². The first kappa shape index (κ1) is 19.1. The molecule has 1 aromatic carbocycles. The Morgan fingerprint density at radius 2 is 1.88 bits per heavy atom. The second-order valence-corrected chi connectivity index (χ2v) is 6.28. The molecule has 0 aliphatic rings. The number of ketones is 1. The van der Waals surface area contributed by atoms with Crippen molar-refractivity contribution in [2.45, 2.75) is 25.9 Å². The molecule has 134 valence electrons. The lowest BCUT2D eigenvalue weighted by Crippen LogP contribution is -2.47. The third-order valence-electron chi connectivity index (χ3n) is 3.37. The van der Waals surface area contributed by atoms with Crippen LogP contribution in [-0.4, -0.2) is 23.7 Å². The van der Waals surface area contributed by atoms with Crippen LogP contribution in [0.25, 0.3) is 0 Å². The van der Waals surface area contributed by atoms with E-state index in [1.54, 1.807) is 41.8 Å². The highest BCUT2D eigenvalue weighted by molar-refractivity contribution is 7.12. The molecule has 0 spiro atoms. The van der Waals surface area contributed by atoms with E-state index in [0.717, 1.165) is 0 Å². The molecule has 0 saturated heterocycles. The molecule has 0 bridgehead atoms. The second kappa shape index (κ2) is 9.34. The molecular formula is C18H17N3O4S. The summed E-state index contributed by atoms with van der Waals surface area (Å²) >= 11 is 1.32. The fourth-order valence-corrected chi connectivity index (χ4v) is 2.64. The molecule has 1 aromatic heterocycles. The predicted octanol–water partition coefficient (Wildman–Crippen LogP) is 2.20. The van der Waals surface area contributed by atoms with E-state index in [1.165, 1.54) is 18.3 Å². The molecule has 1 atom stereocenters. The number of ether oxygens (including phenoxy) is 1. The van der Waals surface area contributed by atoms with Crippen molar-refractivity contribution in [2.24, 2.45) is 0 Å². The van der Waals surface area contributed by atoms with E-state index in [2.05, 4.69) is 10.9 Å². The fraction of sp³-hybridized carbons (Fsp3) is 0.222. The van der Waals surface area contributed by atoms with Crippen molar-refractivity contribution in [3.8, 4) is 11.8 Å². The van der Waals surface area contributed by atoms with E-state index in [9.17, 15) is 14.4 Å². The van der Waals surface area contributed by atoms with E-state index < -0.39 is 17.9 Å². The van der Waals surface area contributed by atoms with Crippen molar-refractivity contribution in [1.82, 2.24) is 10.9 Å². The third-order valence-corrected chi connectivity index (χ3v) is 4.28. The number of hydrogen-bond donors (Lipinski definition) is 2. The maximum atomic E-state index is 11.9. The molecule has 8 heteroatoms. The lowest BCUT2D eigenvalue weighted by molar-refractivity contribution is -0.132. The van der Waals surface area contributed by atoms with Crippen LogP contribution >= 0.6 is 11.3 Å². The summed E-state index contributed by atoms with van der Waals surface area (Å²) in [5.74, 6) is -0.681. The molecule has 2 N–H and O–H groups in total. The van der Waals surface area contributed by atoms with E-state index in [0.29, 0.717) is 16.2 Å². The van der Waals surface area contributed by atoms with Gasteiger partial charge >= 0.3 is 0 Å². The summed E-state index contributed by atoms with van der Waals surface area (Å²) in [5, 5.41) is 10.5. The van der Waals surface area contributed by atoms with Gasteiger partial charge in [-0.15, -0.1) is 11.3 Å². The quantitative estimate of drug-likeness (QED) is 0.573. The number of nitrogens with zero attached hydrogens (tertiary/aromatic N) is 1. The zero-order valence-electron chi connectivity index (χ0n) is 14.0. The Morgan fingerprint density at radius 1 is 1.15 bits per heavy atom. The zero-order chi connectivity index (χ0) is 18.9. The maximum Gasteiger partial charge on any atom is 0.279 e. The zero-order valence-corrected chi connectivity index (χ0v) is 14.8. The minimum absolute atomic E-state index is 0.0259. The first-order valence-electron chi connectivity index (χ1n) is 7.82. The average Bonchev–Trinajstić information content (AvgIpc) is 3.19. The van der Waals surface area contributed by atoms with Gasteiger partial charge in [0.1, 0.15) is 5.75 Å². The molecule has 0 fully saturated rings. The normalized spacial score (nSPS) is 11.1. The number of nitrogens with one attached hydrogen (secondary N) is 2. The number of carbonyl (C=O) groups is 3. The lowest BCUT2D eigenvalue weighted by Gasteiger charge is -2.15. The number of benzene rings is 1. The van der Waals surface area contributed by atoms with Crippen LogP contribution in [0.5, 0.6) is 5.75 Å². The van der Waals surface area contributed by atoms with Crippen LogP contribution in [0.4, 0.5) is 0 Å². The third kappa shape index (κ3) is 5.72. The molecule has 2 rings (SSSR count). The predicted molar refractivity (Wildman–Crippen MR) is 95.4 cm³/mol. The van der Waals surface area contributed by atoms with Crippen molar-refractivity contribution < 1.29 is 19.1 Å². The summed E-state index contributed by atoms with van der Waals surface area (Å²) in [6.07, 6.45) is -0.808. The van der Waals surface area contributed by atoms with E-state index in [-0.39, 0.29) is 18.6 Å². The molecule has 26 heavy (non-hydrogen) atoms. The van der Waals surface area contributed by atoms with Crippen molar-refractivity contribution in [2.75, 3.05) is 0 Å². The van der Waals surface area contributed by atoms with E-state index in [4.69, 9.17) is 10.00 Å². The number of nitriles is 1. The Balaban J connectivity index is 1.71. The summed E-state index contributed by atoms with van der Waals surface area (Å²) in [4.78, 5) is 36.1. The Labute approximate surface area is 154 Å². The lowest BCUT2D eigenvalue weighted by atomic mass is 10.2. The van der Waals surface area contributed by atoms with Gasteiger partial charge in [-0.25, -0.2) is 0 Å². The molecule has 0 radical (unpaired) electrons. The molecule has 0 aliphatic heterocycles. The first-order chi connectivity index (χ1) is 12.5. The van der Waals surface area contributed by atoms with Gasteiger partial charge < -0.3 is 4.74 Å². The molecule has 1 heterocycles. The molecular weight excluding hydrogens is 354 g/mol. The van der Waals surface area contributed by atoms with Gasteiger partial charge in [-0.1, -0.05) is 6.07 Å². The van der Waals surface area contributed by atoms with Crippen LogP contribution in [0.2, 0.25) is 0 Å². The highest BCUT2D eigenvalue weighted by Gasteiger charge is 2.16. The van der Waals surface area contributed by atoms with Gasteiger partial charge in [0.25, 0.3) is 5.91 Å². The van der Waals surface area contributed by atoms with Crippen molar-refractivity contribution in [3.05, 3.63) is 52.2 Å². The Kier molecular flexibility index (Phi) is 6.88. The SMILES string of the molecule is C[C@@H](Oc1ccc(C#N)cc1)C(=O)NNC(=O)CCC(=O)c1cccs1. The number of amides is 2. The molecule has 2 aromatic rings. The Hall–Kier alpha value is -3.18. The van der Waals surface area contributed by atoms with Crippen molar-refractivity contribution in [1.29, 1.82) is 5.26 Å². The van der Waals surface area contributed by atoms with E-state index >= 15 is 0 Å². The summed E-state index contributed by atoms with van der Waals surface area (Å²) in [6, 6.07) is 11.8. The van der Waals surface area contributed by atoms with Gasteiger partial charge in [-0.3, -0.25) is 25.2 Å². The van der Waals surface area contributed by atoms with Crippen LogP contribution < -0.4 is 15.6 Å². The highest BCUT2D eigenvalue weighted by atomic mass is 32.1. The van der Waals surface area contributed by atoms with Gasteiger partial charge in [0.2, 0.25) is 5.91 Å². The molecule has 0 saturated carbocycles. The number of carbonyl (C=O) groups excluding carboxylic acids is 3. The number of hydrogen-bond acceptors (Lipinski definition) is 6. The summed E-state index contributed by atoms with van der Waals surface area (Å²) in [7, 11) is 0. The van der Waals surface area contributed by atoms with Crippen LogP contribution in [0.15, 0.2) is 41.8 Å². The second-order valence-electron chi connectivity index (χ2n) is 5.33. The standard InChI is InChI=1S/C18H17N3O4S/c1-12(25-14-6-4-13(11-19)5-7-14)18(24)21-20-17(23)9-8-15(22)16-3-2-10-26-16/h2-7,10,12H,8-9H2,1H3,(H,20,23)(H,21,24)/t12-/m1/s1. The maximum absolute atomic E-state index is 11.9. The fourth-order valence-electron chi connectivity index (χ4n) is 1.95. The molecule has 0 aliphatic carbocycles. The van der Waals surface area contributed by atoms with Crippen LogP contribution in [-0.2, 0) is 9.59 Å². The van der Waals surface area contributed by atoms with Gasteiger partial charge in [0, 0.05) is 12.8 Å².